The first-order chi connectivity index (χ1) is 12.2. The standard InChI is InChI=1S/C22H43NO2/c1-2-21(20-24)18-16-14-12-10-8-6-4-3-5-7-9-11-13-15-17-19-22(23)25/h8,10,21,24H,2-7,9,11-20H2,1H3,(H2,23,25)/b10-8-. The van der Waals surface area contributed by atoms with E-state index in [0.717, 1.165) is 19.3 Å². The number of allylic oxidation sites excluding steroid dienone is 2. The van der Waals surface area contributed by atoms with Crippen molar-refractivity contribution in [2.75, 3.05) is 6.61 Å². The van der Waals surface area contributed by atoms with Crippen LogP contribution in [-0.2, 0) is 4.79 Å². The van der Waals surface area contributed by atoms with Crippen LogP contribution >= 0.6 is 0 Å². The summed E-state index contributed by atoms with van der Waals surface area (Å²) in [6, 6.07) is 0. The Morgan fingerprint density at radius 3 is 1.80 bits per heavy atom. The third-order valence-electron chi connectivity index (χ3n) is 5.03. The van der Waals surface area contributed by atoms with Crippen LogP contribution < -0.4 is 5.73 Å². The highest BCUT2D eigenvalue weighted by molar-refractivity contribution is 5.73. The molecule has 0 aromatic rings. The van der Waals surface area contributed by atoms with Gasteiger partial charge in [-0.1, -0.05) is 76.9 Å². The fourth-order valence-corrected chi connectivity index (χ4v) is 3.15. The van der Waals surface area contributed by atoms with Gasteiger partial charge in [0.2, 0.25) is 5.91 Å². The Balaban J connectivity index is 3.16. The van der Waals surface area contributed by atoms with Gasteiger partial charge >= 0.3 is 0 Å². The number of aliphatic hydroxyl groups is 1. The first-order valence-corrected chi connectivity index (χ1v) is 10.7. The van der Waals surface area contributed by atoms with Gasteiger partial charge in [0.05, 0.1) is 0 Å². The summed E-state index contributed by atoms with van der Waals surface area (Å²) in [4.78, 5) is 10.6. The summed E-state index contributed by atoms with van der Waals surface area (Å²) in [5.41, 5.74) is 5.12. The molecule has 0 aromatic heterocycles. The molecule has 25 heavy (non-hydrogen) atoms. The van der Waals surface area contributed by atoms with E-state index in [4.69, 9.17) is 10.8 Å². The van der Waals surface area contributed by atoms with E-state index < -0.39 is 0 Å². The minimum atomic E-state index is -0.166. The Hall–Kier alpha value is -0.830. The van der Waals surface area contributed by atoms with E-state index in [0.29, 0.717) is 18.9 Å². The van der Waals surface area contributed by atoms with Crippen molar-refractivity contribution in [3.63, 3.8) is 0 Å². The molecule has 0 rings (SSSR count). The lowest BCUT2D eigenvalue weighted by Crippen LogP contribution is -2.09. The van der Waals surface area contributed by atoms with Gasteiger partial charge in [0.15, 0.2) is 0 Å². The van der Waals surface area contributed by atoms with Crippen LogP contribution in [-0.4, -0.2) is 17.6 Å². The Bertz CT molecular complexity index is 311. The van der Waals surface area contributed by atoms with Crippen LogP contribution in [0.4, 0.5) is 0 Å². The number of aliphatic hydroxyl groups excluding tert-OH is 1. The van der Waals surface area contributed by atoms with Gasteiger partial charge in [0.1, 0.15) is 0 Å². The third kappa shape index (κ3) is 19.3. The molecule has 148 valence electrons. The molecule has 0 radical (unpaired) electrons. The molecule has 3 N–H and O–H groups in total. The Morgan fingerprint density at radius 2 is 1.32 bits per heavy atom. The highest BCUT2D eigenvalue weighted by Crippen LogP contribution is 2.14. The number of rotatable bonds is 19. The van der Waals surface area contributed by atoms with E-state index in [-0.39, 0.29) is 5.91 Å². The van der Waals surface area contributed by atoms with Crippen LogP contribution in [0.2, 0.25) is 0 Å². The van der Waals surface area contributed by atoms with Crippen LogP contribution in [0.1, 0.15) is 110 Å². The summed E-state index contributed by atoms with van der Waals surface area (Å²) in [7, 11) is 0. The Kier molecular flexibility index (Phi) is 18.8. The minimum absolute atomic E-state index is 0.166. The van der Waals surface area contributed by atoms with Gasteiger partial charge in [-0.2, -0.15) is 0 Å². The monoisotopic (exact) mass is 353 g/mol. The second-order valence-electron chi connectivity index (χ2n) is 7.40. The summed E-state index contributed by atoms with van der Waals surface area (Å²) in [5.74, 6) is 0.347. The quantitative estimate of drug-likeness (QED) is 0.224. The lowest BCUT2D eigenvalue weighted by Gasteiger charge is -2.09. The van der Waals surface area contributed by atoms with Crippen molar-refractivity contribution in [1.29, 1.82) is 0 Å². The van der Waals surface area contributed by atoms with Crippen LogP contribution in [0.5, 0.6) is 0 Å². The normalized spacial score (nSPS) is 12.7. The lowest BCUT2D eigenvalue weighted by molar-refractivity contribution is -0.118. The predicted octanol–water partition coefficient (Wildman–Crippen LogP) is 5.90. The molecular formula is C22H43NO2. The molecule has 0 aromatic carbocycles. The van der Waals surface area contributed by atoms with Crippen molar-refractivity contribution in [3.8, 4) is 0 Å². The average molecular weight is 354 g/mol. The maximum absolute atomic E-state index is 10.6. The second kappa shape index (κ2) is 19.5. The molecule has 0 bridgehead atoms. The number of unbranched alkanes of at least 4 members (excludes halogenated alkanes) is 11. The van der Waals surface area contributed by atoms with E-state index in [9.17, 15) is 4.79 Å². The first kappa shape index (κ1) is 24.2. The molecule has 3 heteroatoms. The maximum Gasteiger partial charge on any atom is 0.217 e. The zero-order valence-electron chi connectivity index (χ0n) is 16.7. The predicted molar refractivity (Wildman–Crippen MR) is 108 cm³/mol. The van der Waals surface area contributed by atoms with Crippen LogP contribution in [0.3, 0.4) is 0 Å². The fourth-order valence-electron chi connectivity index (χ4n) is 3.15. The number of hydrogen-bond acceptors (Lipinski definition) is 2. The van der Waals surface area contributed by atoms with Crippen LogP contribution in [0.25, 0.3) is 0 Å². The SMILES string of the molecule is CCC(CO)CCCC/C=C\CCCCCCCCCCCC(N)=O. The molecule has 1 unspecified atom stereocenters. The van der Waals surface area contributed by atoms with Crippen LogP contribution in [0, 0.1) is 5.92 Å². The van der Waals surface area contributed by atoms with E-state index in [2.05, 4.69) is 19.1 Å². The molecule has 0 fully saturated rings. The summed E-state index contributed by atoms with van der Waals surface area (Å²) in [5, 5.41) is 9.14. The van der Waals surface area contributed by atoms with Crippen molar-refractivity contribution in [2.45, 2.75) is 110 Å². The average Bonchev–Trinajstić information content (AvgIpc) is 2.60. The molecule has 1 amide bonds. The molecule has 0 aliphatic carbocycles. The van der Waals surface area contributed by atoms with Crippen molar-refractivity contribution < 1.29 is 9.90 Å². The molecule has 3 nitrogen and oxygen atoms in total. The smallest absolute Gasteiger partial charge is 0.217 e. The summed E-state index contributed by atoms with van der Waals surface area (Å²) >= 11 is 0. The Labute approximate surface area is 156 Å². The first-order valence-electron chi connectivity index (χ1n) is 10.7. The summed E-state index contributed by atoms with van der Waals surface area (Å²) in [6.07, 6.45) is 23.8. The number of carbonyl (C=O) groups is 1. The van der Waals surface area contributed by atoms with Gasteiger partial charge in [-0.3, -0.25) is 4.79 Å². The summed E-state index contributed by atoms with van der Waals surface area (Å²) in [6.45, 7) is 2.51. The van der Waals surface area contributed by atoms with Crippen molar-refractivity contribution in [1.82, 2.24) is 0 Å². The molecule has 0 aliphatic heterocycles. The van der Waals surface area contributed by atoms with Gasteiger partial charge in [0, 0.05) is 13.0 Å². The third-order valence-corrected chi connectivity index (χ3v) is 5.03. The zero-order chi connectivity index (χ0) is 18.6. The Morgan fingerprint density at radius 1 is 0.840 bits per heavy atom. The van der Waals surface area contributed by atoms with Gasteiger partial charge in [-0.05, 0) is 44.4 Å². The van der Waals surface area contributed by atoms with Gasteiger partial charge < -0.3 is 10.8 Å². The number of amides is 1. The van der Waals surface area contributed by atoms with Gasteiger partial charge in [0.25, 0.3) is 0 Å². The van der Waals surface area contributed by atoms with E-state index in [1.807, 2.05) is 0 Å². The largest absolute Gasteiger partial charge is 0.396 e. The van der Waals surface area contributed by atoms with Crippen molar-refractivity contribution in [2.24, 2.45) is 11.7 Å². The van der Waals surface area contributed by atoms with Gasteiger partial charge in [-0.25, -0.2) is 0 Å². The van der Waals surface area contributed by atoms with Crippen molar-refractivity contribution in [3.05, 3.63) is 12.2 Å². The summed E-state index contributed by atoms with van der Waals surface area (Å²) < 4.78 is 0. The lowest BCUT2D eigenvalue weighted by atomic mass is 9.99. The number of hydrogen-bond donors (Lipinski definition) is 2. The molecule has 0 saturated heterocycles. The van der Waals surface area contributed by atoms with E-state index >= 15 is 0 Å². The molecule has 1 atom stereocenters. The topological polar surface area (TPSA) is 63.3 Å². The minimum Gasteiger partial charge on any atom is -0.396 e. The second-order valence-corrected chi connectivity index (χ2v) is 7.40. The maximum atomic E-state index is 10.6. The van der Waals surface area contributed by atoms with E-state index in [1.54, 1.807) is 0 Å². The van der Waals surface area contributed by atoms with Crippen LogP contribution in [0.15, 0.2) is 12.2 Å². The van der Waals surface area contributed by atoms with E-state index in [1.165, 1.54) is 77.0 Å². The molecule has 0 saturated carbocycles. The number of primary amides is 1. The number of nitrogens with two attached hydrogens (primary N) is 1. The molecule has 0 spiro atoms. The fraction of sp³-hybridized carbons (Fsp3) is 0.864. The zero-order valence-corrected chi connectivity index (χ0v) is 16.7. The highest BCUT2D eigenvalue weighted by atomic mass is 16.3. The van der Waals surface area contributed by atoms with Gasteiger partial charge in [-0.15, -0.1) is 0 Å². The molecular weight excluding hydrogens is 310 g/mol. The molecule has 0 aliphatic rings. The molecule has 0 heterocycles. The highest BCUT2D eigenvalue weighted by Gasteiger charge is 2.02. The van der Waals surface area contributed by atoms with Crippen molar-refractivity contribution >= 4 is 5.91 Å². The number of carbonyl (C=O) groups excluding carboxylic acids is 1.